The van der Waals surface area contributed by atoms with Crippen molar-refractivity contribution in [2.24, 2.45) is 7.05 Å². The highest BCUT2D eigenvalue weighted by atomic mass is 127. The van der Waals surface area contributed by atoms with Crippen molar-refractivity contribution < 1.29 is 42.9 Å². The zero-order chi connectivity index (χ0) is 13.2. The van der Waals surface area contributed by atoms with E-state index in [9.17, 15) is 9.59 Å². The predicted octanol–water partition coefficient (Wildman–Crippen LogP) is -3.25. The van der Waals surface area contributed by atoms with Crippen molar-refractivity contribution in [2.75, 3.05) is 12.1 Å². The highest BCUT2D eigenvalue weighted by molar-refractivity contribution is 6.36. The first-order valence-electron chi connectivity index (χ1n) is 5.25. The van der Waals surface area contributed by atoms with Gasteiger partial charge in [0.05, 0.1) is 14.1 Å². The molecule has 0 aliphatic heterocycles. The minimum absolute atomic E-state index is 0. The van der Waals surface area contributed by atoms with Gasteiger partial charge < -0.3 is 28.7 Å². The first-order chi connectivity index (χ1) is 7.70. The lowest BCUT2D eigenvalue weighted by molar-refractivity contribution is -0.671. The lowest BCUT2D eigenvalue weighted by Crippen LogP contribution is -3.00. The van der Waals surface area contributed by atoms with Crippen LogP contribution in [0.15, 0.2) is 18.7 Å². The smallest absolute Gasteiger partial charge is 0.401 e. The molecule has 6 nitrogen and oxygen atoms in total. The van der Waals surface area contributed by atoms with E-state index in [2.05, 4.69) is 0 Å². The molecule has 0 radical (unpaired) electrons. The molecule has 18 heavy (non-hydrogen) atoms. The Hall–Kier alpha value is -1.12. The quantitative estimate of drug-likeness (QED) is 0.227. The summed E-state index contributed by atoms with van der Waals surface area (Å²) in [6.07, 6.45) is 5.10. The first-order valence-corrected chi connectivity index (χ1v) is 5.25. The van der Waals surface area contributed by atoms with Crippen LogP contribution in [0.2, 0.25) is 0 Å². The van der Waals surface area contributed by atoms with E-state index in [0.717, 1.165) is 0 Å². The molecular weight excluding hydrogens is 349 g/mol. The van der Waals surface area contributed by atoms with Crippen LogP contribution in [0.25, 0.3) is 0 Å². The zero-order valence-corrected chi connectivity index (χ0v) is 13.3. The predicted molar refractivity (Wildman–Crippen MR) is 60.6 cm³/mol. The summed E-state index contributed by atoms with van der Waals surface area (Å²) in [7, 11) is 3.33. The molecule has 0 fully saturated rings. The maximum Gasteiger partial charge on any atom is 0.401 e. The van der Waals surface area contributed by atoms with Crippen LogP contribution < -0.4 is 33.6 Å². The fourth-order valence-corrected chi connectivity index (χ4v) is 1.17. The van der Waals surface area contributed by atoms with Crippen LogP contribution in [0.5, 0.6) is 0 Å². The molecular formula is C11H18IN3O3. The van der Waals surface area contributed by atoms with Crippen LogP contribution in [0.1, 0.15) is 20.8 Å². The summed E-state index contributed by atoms with van der Waals surface area (Å²) in [5.41, 5.74) is -0.672. The molecule has 0 unspecified atom stereocenters. The molecule has 0 saturated carbocycles. The number of halogens is 1. The number of esters is 1. The lowest BCUT2D eigenvalue weighted by atomic mass is 10.2. The van der Waals surface area contributed by atoms with Crippen molar-refractivity contribution in [2.45, 2.75) is 26.4 Å². The minimum Gasteiger partial charge on any atom is -1.00 e. The maximum absolute atomic E-state index is 11.8. The molecule has 0 N–H and O–H groups in total. The largest absolute Gasteiger partial charge is 1.00 e. The number of carbonyl (C=O) groups excluding carboxylic acids is 2. The van der Waals surface area contributed by atoms with Crippen molar-refractivity contribution in [3.8, 4) is 0 Å². The maximum atomic E-state index is 11.8. The third kappa shape index (κ3) is 4.63. The van der Waals surface area contributed by atoms with Crippen molar-refractivity contribution in [3.63, 3.8) is 0 Å². The number of amides is 1. The van der Waals surface area contributed by atoms with Crippen LogP contribution in [0, 0.1) is 0 Å². The Balaban J connectivity index is 0.00000289. The van der Waals surface area contributed by atoms with Gasteiger partial charge in [0.15, 0.2) is 6.20 Å². The second kappa shape index (κ2) is 6.17. The van der Waals surface area contributed by atoms with Gasteiger partial charge in [-0.2, -0.15) is 5.01 Å². The third-order valence-electron chi connectivity index (χ3n) is 1.97. The summed E-state index contributed by atoms with van der Waals surface area (Å²) in [5, 5.41) is 1.19. The molecule has 1 aromatic heterocycles. The van der Waals surface area contributed by atoms with E-state index < -0.39 is 17.5 Å². The van der Waals surface area contributed by atoms with Gasteiger partial charge in [-0.05, 0) is 20.8 Å². The van der Waals surface area contributed by atoms with Crippen molar-refractivity contribution in [1.29, 1.82) is 0 Å². The molecule has 1 rings (SSSR count). The topological polar surface area (TPSA) is 55.4 Å². The van der Waals surface area contributed by atoms with E-state index in [-0.39, 0.29) is 24.0 Å². The number of carbonyl (C=O) groups is 2. The van der Waals surface area contributed by atoms with Gasteiger partial charge in [-0.15, -0.1) is 4.68 Å². The summed E-state index contributed by atoms with van der Waals surface area (Å²) in [6.45, 7) is 5.15. The third-order valence-corrected chi connectivity index (χ3v) is 1.97. The van der Waals surface area contributed by atoms with Gasteiger partial charge in [-0.1, -0.05) is 0 Å². The molecule has 0 spiro atoms. The normalized spacial score (nSPS) is 10.5. The second-order valence-corrected chi connectivity index (χ2v) is 4.79. The minimum atomic E-state index is -0.864. The Morgan fingerprint density at radius 2 is 1.89 bits per heavy atom. The van der Waals surface area contributed by atoms with Gasteiger partial charge in [0.1, 0.15) is 11.8 Å². The fourth-order valence-electron chi connectivity index (χ4n) is 1.17. The number of ether oxygens (including phenoxy) is 1. The molecule has 1 aromatic rings. The number of aryl methyl sites for hydroxylation is 1. The van der Waals surface area contributed by atoms with Crippen LogP contribution in [-0.2, 0) is 21.4 Å². The first kappa shape index (κ1) is 16.9. The lowest BCUT2D eigenvalue weighted by Gasteiger charge is -2.20. The van der Waals surface area contributed by atoms with Gasteiger partial charge in [0.25, 0.3) is 6.33 Å². The average molecular weight is 367 g/mol. The number of hydrogen-bond donors (Lipinski definition) is 0. The monoisotopic (exact) mass is 367 g/mol. The van der Waals surface area contributed by atoms with Gasteiger partial charge in [-0.25, -0.2) is 9.36 Å². The van der Waals surface area contributed by atoms with Crippen LogP contribution in [-0.4, -0.2) is 29.2 Å². The molecule has 0 aliphatic carbocycles. The molecule has 0 aliphatic rings. The molecule has 1 amide bonds. The molecule has 0 saturated heterocycles. The highest BCUT2D eigenvalue weighted by Crippen LogP contribution is 2.07. The Kier molecular flexibility index (Phi) is 5.78. The van der Waals surface area contributed by atoms with Gasteiger partial charge >= 0.3 is 11.9 Å². The second-order valence-electron chi connectivity index (χ2n) is 4.79. The van der Waals surface area contributed by atoms with Crippen molar-refractivity contribution >= 4 is 11.9 Å². The van der Waals surface area contributed by atoms with E-state index >= 15 is 0 Å². The number of imidazole rings is 1. The number of aromatic nitrogens is 2. The number of hydrogen-bond acceptors (Lipinski definition) is 3. The van der Waals surface area contributed by atoms with E-state index in [0.29, 0.717) is 0 Å². The van der Waals surface area contributed by atoms with Crippen LogP contribution >= 0.6 is 0 Å². The van der Waals surface area contributed by atoms with E-state index in [1.54, 1.807) is 44.1 Å². The van der Waals surface area contributed by atoms with Gasteiger partial charge in [0.2, 0.25) is 0 Å². The molecule has 0 atom stereocenters. The number of likely N-dealkylation sites (N-methyl/N-ethyl adjacent to an activating group) is 1. The Labute approximate surface area is 124 Å². The Bertz CT molecular complexity index is 437. The number of nitrogens with zero attached hydrogens (tertiary/aromatic N) is 3. The van der Waals surface area contributed by atoms with E-state index in [1.165, 1.54) is 16.7 Å². The molecule has 0 bridgehead atoms. The highest BCUT2D eigenvalue weighted by Gasteiger charge is 2.28. The van der Waals surface area contributed by atoms with Gasteiger partial charge in [0, 0.05) is 0 Å². The average Bonchev–Trinajstić information content (AvgIpc) is 2.60. The molecule has 7 heteroatoms. The number of rotatable bonds is 1. The summed E-state index contributed by atoms with van der Waals surface area (Å²) < 4.78 is 8.27. The SMILES string of the molecule is CN(C(=O)C(=O)OC(C)(C)C)n1cc[n+](C)c1.[I-]. The van der Waals surface area contributed by atoms with Crippen molar-refractivity contribution in [1.82, 2.24) is 4.68 Å². The Morgan fingerprint density at radius 3 is 2.28 bits per heavy atom. The molecule has 1 heterocycles. The van der Waals surface area contributed by atoms with Crippen LogP contribution in [0.3, 0.4) is 0 Å². The molecule has 102 valence electrons. The summed E-state index contributed by atoms with van der Waals surface area (Å²) in [5.74, 6) is -1.58. The standard InChI is InChI=1S/C11H18N3O3.HI/c1-11(2,3)17-10(16)9(15)13(5)14-7-6-12(4)8-14;/h6-8H,1-5H3;1H/q+1;/p-1. The summed E-state index contributed by atoms with van der Waals surface area (Å²) in [4.78, 5) is 23.3. The van der Waals surface area contributed by atoms with E-state index in [4.69, 9.17) is 4.74 Å². The Morgan fingerprint density at radius 1 is 1.33 bits per heavy atom. The molecule has 0 aromatic carbocycles. The van der Waals surface area contributed by atoms with Crippen molar-refractivity contribution in [3.05, 3.63) is 18.7 Å². The van der Waals surface area contributed by atoms with Gasteiger partial charge in [-0.3, -0.25) is 4.79 Å². The summed E-state index contributed by atoms with van der Waals surface area (Å²) >= 11 is 0. The fraction of sp³-hybridized carbons (Fsp3) is 0.545. The van der Waals surface area contributed by atoms with Crippen LogP contribution in [0.4, 0.5) is 0 Å². The zero-order valence-electron chi connectivity index (χ0n) is 11.2. The van der Waals surface area contributed by atoms with E-state index in [1.807, 2.05) is 7.05 Å². The summed E-state index contributed by atoms with van der Waals surface area (Å²) in [6, 6.07) is 0.